The smallest absolute Gasteiger partial charge is 0.123 e. The van der Waals surface area contributed by atoms with Gasteiger partial charge in [0.15, 0.2) is 0 Å². The fourth-order valence-electron chi connectivity index (χ4n) is 4.35. The fourth-order valence-corrected chi connectivity index (χ4v) is 4.35. The molecule has 2 aromatic rings. The molecule has 0 radical (unpaired) electrons. The Morgan fingerprint density at radius 2 is 1.00 bits per heavy atom. The molecule has 0 saturated heterocycles. The van der Waals surface area contributed by atoms with Crippen molar-refractivity contribution in [3.05, 3.63) is 57.6 Å². The van der Waals surface area contributed by atoms with E-state index >= 15 is 0 Å². The molecule has 0 aliphatic rings. The Bertz CT molecular complexity index is 821. The van der Waals surface area contributed by atoms with E-state index in [9.17, 15) is 10.2 Å². The lowest BCUT2D eigenvalue weighted by atomic mass is 9.74. The predicted molar refractivity (Wildman–Crippen MR) is 129 cm³/mol. The van der Waals surface area contributed by atoms with Crippen LogP contribution in [0.1, 0.15) is 109 Å². The molecule has 0 aliphatic carbocycles. The molecule has 2 nitrogen and oxygen atoms in total. The summed E-state index contributed by atoms with van der Waals surface area (Å²) in [6.45, 7) is 21.5. The normalized spacial score (nSPS) is 12.8. The summed E-state index contributed by atoms with van der Waals surface area (Å²) < 4.78 is 0. The zero-order chi connectivity index (χ0) is 23.0. The van der Waals surface area contributed by atoms with Gasteiger partial charge in [-0.3, -0.25) is 0 Å². The molecule has 0 atom stereocenters. The zero-order valence-corrected chi connectivity index (χ0v) is 20.8. The van der Waals surface area contributed by atoms with Crippen LogP contribution in [0.15, 0.2) is 24.3 Å². The Morgan fingerprint density at radius 1 is 0.667 bits per heavy atom. The van der Waals surface area contributed by atoms with Crippen molar-refractivity contribution in [1.29, 1.82) is 0 Å². The van der Waals surface area contributed by atoms with Gasteiger partial charge in [0.25, 0.3) is 0 Å². The quantitative estimate of drug-likeness (QED) is 0.532. The first kappa shape index (κ1) is 24.3. The Hall–Kier alpha value is -1.96. The summed E-state index contributed by atoms with van der Waals surface area (Å²) in [6, 6.07) is 8.56. The molecule has 0 spiro atoms. The van der Waals surface area contributed by atoms with Gasteiger partial charge in [0.1, 0.15) is 11.5 Å². The van der Waals surface area contributed by atoms with Gasteiger partial charge >= 0.3 is 0 Å². The lowest BCUT2D eigenvalue weighted by Gasteiger charge is -2.31. The molecule has 0 saturated carbocycles. The number of phenolic OH excluding ortho intramolecular Hbond substituents is 2. The van der Waals surface area contributed by atoms with Crippen LogP contribution in [0.3, 0.4) is 0 Å². The van der Waals surface area contributed by atoms with E-state index in [-0.39, 0.29) is 22.7 Å². The first-order valence-corrected chi connectivity index (χ1v) is 11.4. The summed E-state index contributed by atoms with van der Waals surface area (Å²) in [5.41, 5.74) is 5.94. The number of benzene rings is 2. The number of rotatable bonds is 5. The molecule has 0 fully saturated rings. The second kappa shape index (κ2) is 8.65. The number of phenols is 2. The van der Waals surface area contributed by atoms with Crippen molar-refractivity contribution in [3.8, 4) is 11.5 Å². The zero-order valence-electron chi connectivity index (χ0n) is 20.8. The van der Waals surface area contributed by atoms with Crippen molar-refractivity contribution in [3.63, 3.8) is 0 Å². The number of aromatic hydroxyl groups is 2. The van der Waals surface area contributed by atoms with Gasteiger partial charge in [-0.25, -0.2) is 0 Å². The second-order valence-corrected chi connectivity index (χ2v) is 11.1. The van der Waals surface area contributed by atoms with E-state index in [1.54, 1.807) is 0 Å². The Balaban J connectivity index is 2.89. The minimum absolute atomic E-state index is 0.0785. The summed E-state index contributed by atoms with van der Waals surface area (Å²) >= 11 is 0. The van der Waals surface area contributed by atoms with Crippen molar-refractivity contribution in [2.45, 2.75) is 98.8 Å². The number of hydrogen-bond donors (Lipinski definition) is 2. The van der Waals surface area contributed by atoms with Crippen molar-refractivity contribution < 1.29 is 10.2 Å². The van der Waals surface area contributed by atoms with E-state index in [2.05, 4.69) is 93.5 Å². The fraction of sp³-hybridized carbons (Fsp3) is 0.571. The molecule has 0 heterocycles. The molecule has 2 rings (SSSR count). The van der Waals surface area contributed by atoms with Crippen molar-refractivity contribution >= 4 is 0 Å². The molecule has 0 bridgehead atoms. The minimum atomic E-state index is -0.157. The molecule has 0 aliphatic heterocycles. The highest BCUT2D eigenvalue weighted by Crippen LogP contribution is 2.47. The lowest BCUT2D eigenvalue weighted by molar-refractivity contribution is 0.413. The van der Waals surface area contributed by atoms with E-state index in [0.717, 1.165) is 35.1 Å². The molecule has 0 aromatic heterocycles. The SMILES string of the molecule is CCc1cc(C(c2cc(CC)cc(C(C)(C)C)c2O)C(C)C)c(O)c(C(C)(C)C)c1. The standard InChI is InChI=1S/C28H42O2/c1-11-18-13-20(25(29)22(15-18)27(5,6)7)24(17(3)4)21-14-19(12-2)16-23(26(21)30)28(8,9)10/h13-17,24,29-30H,11-12H2,1-10H3. The average Bonchev–Trinajstić information content (AvgIpc) is 2.62. The lowest BCUT2D eigenvalue weighted by Crippen LogP contribution is -2.18. The van der Waals surface area contributed by atoms with Crippen LogP contribution < -0.4 is 0 Å². The molecule has 30 heavy (non-hydrogen) atoms. The Labute approximate surface area is 184 Å². The van der Waals surface area contributed by atoms with Crippen LogP contribution in [-0.2, 0) is 23.7 Å². The van der Waals surface area contributed by atoms with E-state index in [1.165, 1.54) is 11.1 Å². The van der Waals surface area contributed by atoms with E-state index in [4.69, 9.17) is 0 Å². The van der Waals surface area contributed by atoms with Crippen LogP contribution in [0.4, 0.5) is 0 Å². The summed E-state index contributed by atoms with van der Waals surface area (Å²) in [6.07, 6.45) is 1.82. The van der Waals surface area contributed by atoms with Crippen LogP contribution in [0, 0.1) is 5.92 Å². The molecule has 0 unspecified atom stereocenters. The van der Waals surface area contributed by atoms with Gasteiger partial charge in [0, 0.05) is 17.0 Å². The molecule has 2 aromatic carbocycles. The van der Waals surface area contributed by atoms with Crippen LogP contribution in [-0.4, -0.2) is 10.2 Å². The van der Waals surface area contributed by atoms with Crippen molar-refractivity contribution in [2.24, 2.45) is 5.92 Å². The third-order valence-corrected chi connectivity index (χ3v) is 6.17. The average molecular weight is 411 g/mol. The van der Waals surface area contributed by atoms with Crippen LogP contribution >= 0.6 is 0 Å². The number of aryl methyl sites for hydroxylation is 2. The minimum Gasteiger partial charge on any atom is -0.507 e. The predicted octanol–water partition coefficient (Wildman–Crippen LogP) is 7.61. The van der Waals surface area contributed by atoms with Gasteiger partial charge in [0.2, 0.25) is 0 Å². The first-order valence-electron chi connectivity index (χ1n) is 11.4. The molecular weight excluding hydrogens is 368 g/mol. The highest BCUT2D eigenvalue weighted by molar-refractivity contribution is 5.56. The summed E-state index contributed by atoms with van der Waals surface area (Å²) in [7, 11) is 0. The molecule has 2 N–H and O–H groups in total. The van der Waals surface area contributed by atoms with Crippen molar-refractivity contribution in [1.82, 2.24) is 0 Å². The second-order valence-electron chi connectivity index (χ2n) is 11.1. The molecular formula is C28H42O2. The maximum absolute atomic E-state index is 11.4. The van der Waals surface area contributed by atoms with E-state index in [0.29, 0.717) is 11.5 Å². The van der Waals surface area contributed by atoms with Gasteiger partial charge in [-0.05, 0) is 51.8 Å². The van der Waals surface area contributed by atoms with E-state index < -0.39 is 0 Å². The summed E-state index contributed by atoms with van der Waals surface area (Å²) in [5, 5.41) is 22.8. The topological polar surface area (TPSA) is 40.5 Å². The van der Waals surface area contributed by atoms with Gasteiger partial charge in [-0.1, -0.05) is 93.5 Å². The van der Waals surface area contributed by atoms with E-state index in [1.807, 2.05) is 0 Å². The Kier molecular flexibility index (Phi) is 7.01. The van der Waals surface area contributed by atoms with Gasteiger partial charge in [-0.2, -0.15) is 0 Å². The van der Waals surface area contributed by atoms with Crippen LogP contribution in [0.2, 0.25) is 0 Å². The highest BCUT2D eigenvalue weighted by atomic mass is 16.3. The summed E-state index contributed by atoms with van der Waals surface area (Å²) in [5.74, 6) is 0.890. The summed E-state index contributed by atoms with van der Waals surface area (Å²) in [4.78, 5) is 0. The first-order chi connectivity index (χ1) is 13.7. The van der Waals surface area contributed by atoms with Gasteiger partial charge in [-0.15, -0.1) is 0 Å². The third-order valence-electron chi connectivity index (χ3n) is 6.17. The maximum Gasteiger partial charge on any atom is 0.123 e. The largest absolute Gasteiger partial charge is 0.507 e. The molecule has 166 valence electrons. The number of hydrogen-bond acceptors (Lipinski definition) is 2. The third kappa shape index (κ3) is 4.85. The van der Waals surface area contributed by atoms with Gasteiger partial charge in [0.05, 0.1) is 0 Å². The highest BCUT2D eigenvalue weighted by Gasteiger charge is 2.31. The Morgan fingerprint density at radius 3 is 1.23 bits per heavy atom. The molecule has 0 amide bonds. The van der Waals surface area contributed by atoms with Crippen LogP contribution in [0.25, 0.3) is 0 Å². The molecule has 2 heteroatoms. The monoisotopic (exact) mass is 410 g/mol. The maximum atomic E-state index is 11.4. The van der Waals surface area contributed by atoms with Gasteiger partial charge < -0.3 is 10.2 Å². The van der Waals surface area contributed by atoms with Crippen LogP contribution in [0.5, 0.6) is 11.5 Å². The van der Waals surface area contributed by atoms with Crippen molar-refractivity contribution in [2.75, 3.05) is 0 Å².